The number of hydrogen-bond donors (Lipinski definition) is 0. The molecule has 3 heterocycles. The van der Waals surface area contributed by atoms with E-state index in [4.69, 9.17) is 14.7 Å². The van der Waals surface area contributed by atoms with Crippen LogP contribution in [0.4, 0.5) is 5.82 Å². The molecule has 2 aliphatic heterocycles. The predicted molar refractivity (Wildman–Crippen MR) is 165 cm³/mol. The van der Waals surface area contributed by atoms with E-state index in [-0.39, 0.29) is 42.1 Å². The number of fused-ring (bicyclic) bond motifs is 2. The summed E-state index contributed by atoms with van der Waals surface area (Å²) in [6.07, 6.45) is 5.59. The third kappa shape index (κ3) is 5.02. The van der Waals surface area contributed by atoms with Gasteiger partial charge in [-0.25, -0.2) is 0 Å². The second-order valence-electron chi connectivity index (χ2n) is 12.5. The first-order chi connectivity index (χ1) is 20.8. The zero-order valence-electron chi connectivity index (χ0n) is 25.2. The van der Waals surface area contributed by atoms with E-state index in [0.717, 1.165) is 41.6 Å². The minimum atomic E-state index is -0.634. The highest BCUT2D eigenvalue weighted by Gasteiger charge is 2.52. The van der Waals surface area contributed by atoms with Gasteiger partial charge in [0.1, 0.15) is 18.1 Å². The average molecular weight is 581 g/mol. The van der Waals surface area contributed by atoms with Crippen molar-refractivity contribution in [2.75, 3.05) is 44.7 Å². The lowest BCUT2D eigenvalue weighted by molar-refractivity contribution is -0.128. The molecule has 4 atom stereocenters. The monoisotopic (exact) mass is 580 g/mol. The Morgan fingerprint density at radius 3 is 2.79 bits per heavy atom. The number of carbonyl (C=O) groups is 2. The molecule has 9 heteroatoms. The SMILES string of the molecule is C=CC(=O)N1CCN(c2nc(OCC3CCCN3C)nc3c2CCC2(CC(=C)c4ccccc4C2C)C3=O)CC1CC#N. The predicted octanol–water partition coefficient (Wildman–Crippen LogP) is 4.40. The van der Waals surface area contributed by atoms with Gasteiger partial charge in [0.25, 0.3) is 0 Å². The van der Waals surface area contributed by atoms with Gasteiger partial charge in [-0.3, -0.25) is 9.59 Å². The third-order valence-electron chi connectivity index (χ3n) is 10.3. The summed E-state index contributed by atoms with van der Waals surface area (Å²) in [7, 11) is 2.10. The van der Waals surface area contributed by atoms with Gasteiger partial charge in [0, 0.05) is 36.7 Å². The van der Waals surface area contributed by atoms with Gasteiger partial charge in [-0.15, -0.1) is 0 Å². The Labute approximate surface area is 253 Å². The van der Waals surface area contributed by atoms with Crippen LogP contribution in [-0.2, 0) is 11.2 Å². The smallest absolute Gasteiger partial charge is 0.319 e. The van der Waals surface area contributed by atoms with Crippen molar-refractivity contribution in [1.82, 2.24) is 19.8 Å². The van der Waals surface area contributed by atoms with Crippen LogP contribution in [0.3, 0.4) is 0 Å². The van der Waals surface area contributed by atoms with Crippen LogP contribution >= 0.6 is 0 Å². The molecule has 4 unspecified atom stereocenters. The standard InChI is InChI=1S/C34H40N6O3/c1-5-29(41)40-18-17-39(20-24(40)13-15-35)32-28-12-14-34(19-22(2)26-10-6-7-11-27(26)23(34)3)31(42)30(28)36-33(37-32)43-21-25-9-8-16-38(25)4/h5-7,10-11,23-25H,1-2,8-9,12-14,16-21H2,3-4H3. The van der Waals surface area contributed by atoms with Crippen molar-refractivity contribution < 1.29 is 14.3 Å². The van der Waals surface area contributed by atoms with Crippen molar-refractivity contribution >= 4 is 23.1 Å². The van der Waals surface area contributed by atoms with Gasteiger partial charge in [0.05, 0.1) is 18.5 Å². The molecule has 4 aliphatic rings. The number of likely N-dealkylation sites (N-methyl/N-ethyl adjacent to an activating group) is 1. The van der Waals surface area contributed by atoms with Crippen LogP contribution < -0.4 is 9.64 Å². The second-order valence-corrected chi connectivity index (χ2v) is 12.5. The molecular weight excluding hydrogens is 540 g/mol. The molecule has 2 aliphatic carbocycles. The quantitative estimate of drug-likeness (QED) is 0.464. The van der Waals surface area contributed by atoms with Crippen molar-refractivity contribution in [2.45, 2.75) is 63.5 Å². The molecule has 6 rings (SSSR count). The summed E-state index contributed by atoms with van der Waals surface area (Å²) in [4.78, 5) is 43.1. The van der Waals surface area contributed by atoms with Gasteiger partial charge in [-0.1, -0.05) is 44.3 Å². The molecular formula is C34H40N6O3. The molecule has 1 aromatic carbocycles. The lowest BCUT2D eigenvalue weighted by Gasteiger charge is -2.46. The minimum absolute atomic E-state index is 0.0123. The minimum Gasteiger partial charge on any atom is -0.462 e. The normalized spacial score (nSPS) is 27.0. The number of Topliss-reactive ketones (excluding diaryl/α,β-unsaturated/α-hetero) is 1. The molecule has 0 bridgehead atoms. The molecule has 2 fully saturated rings. The second kappa shape index (κ2) is 11.6. The number of nitrogens with zero attached hydrogens (tertiary/aromatic N) is 6. The number of likely N-dealkylation sites (tertiary alicyclic amines) is 1. The fourth-order valence-corrected chi connectivity index (χ4v) is 7.69. The number of ketones is 1. The fourth-order valence-electron chi connectivity index (χ4n) is 7.69. The van der Waals surface area contributed by atoms with E-state index < -0.39 is 5.41 Å². The topological polar surface area (TPSA) is 103 Å². The molecule has 2 saturated heterocycles. The van der Waals surface area contributed by atoms with E-state index in [0.29, 0.717) is 57.0 Å². The Balaban J connectivity index is 1.38. The number of ether oxygens (including phenoxy) is 1. The summed E-state index contributed by atoms with van der Waals surface area (Å²) in [6, 6.07) is 10.7. The number of carbonyl (C=O) groups excluding carboxylic acids is 2. The summed E-state index contributed by atoms with van der Waals surface area (Å²) in [6.45, 7) is 13.1. The number of nitriles is 1. The third-order valence-corrected chi connectivity index (χ3v) is 10.3. The van der Waals surface area contributed by atoms with Gasteiger partial charge < -0.3 is 19.4 Å². The Morgan fingerprint density at radius 2 is 2.05 bits per heavy atom. The summed E-state index contributed by atoms with van der Waals surface area (Å²) >= 11 is 0. The number of anilines is 1. The van der Waals surface area contributed by atoms with Crippen molar-refractivity contribution in [2.24, 2.45) is 5.41 Å². The van der Waals surface area contributed by atoms with Crippen LogP contribution in [0.1, 0.15) is 72.1 Å². The summed E-state index contributed by atoms with van der Waals surface area (Å²) < 4.78 is 6.25. The van der Waals surface area contributed by atoms with E-state index in [1.807, 2.05) is 12.1 Å². The number of allylic oxidation sites excluding steroid dienone is 1. The van der Waals surface area contributed by atoms with Crippen molar-refractivity contribution in [3.8, 4) is 12.1 Å². The number of hydrogen-bond acceptors (Lipinski definition) is 8. The highest BCUT2D eigenvalue weighted by atomic mass is 16.5. The summed E-state index contributed by atoms with van der Waals surface area (Å²) in [5.74, 6) is 0.535. The molecule has 224 valence electrons. The summed E-state index contributed by atoms with van der Waals surface area (Å²) in [5.41, 5.74) is 3.92. The molecule has 0 saturated carbocycles. The van der Waals surface area contributed by atoms with Gasteiger partial charge in [0.15, 0.2) is 5.78 Å². The highest BCUT2D eigenvalue weighted by Crippen LogP contribution is 2.56. The molecule has 1 amide bonds. The molecule has 2 aromatic rings. The molecule has 1 spiro atoms. The Morgan fingerprint density at radius 1 is 1.23 bits per heavy atom. The van der Waals surface area contributed by atoms with E-state index in [1.165, 1.54) is 6.08 Å². The number of piperazine rings is 1. The molecule has 43 heavy (non-hydrogen) atoms. The Kier molecular flexibility index (Phi) is 7.82. The van der Waals surface area contributed by atoms with E-state index in [1.54, 1.807) is 4.90 Å². The Hall–Kier alpha value is -4.03. The van der Waals surface area contributed by atoms with E-state index in [2.05, 4.69) is 55.1 Å². The van der Waals surface area contributed by atoms with Crippen LogP contribution in [0.15, 0.2) is 43.5 Å². The van der Waals surface area contributed by atoms with Gasteiger partial charge in [-0.05, 0) is 74.4 Å². The van der Waals surface area contributed by atoms with E-state index in [9.17, 15) is 14.9 Å². The average Bonchev–Trinajstić information content (AvgIpc) is 3.44. The van der Waals surface area contributed by atoms with Crippen LogP contribution in [0.25, 0.3) is 5.57 Å². The van der Waals surface area contributed by atoms with Crippen LogP contribution in [0, 0.1) is 16.7 Å². The molecule has 0 radical (unpaired) electrons. The maximum atomic E-state index is 14.7. The van der Waals surface area contributed by atoms with Crippen molar-refractivity contribution in [3.05, 3.63) is 65.9 Å². The first-order valence-electron chi connectivity index (χ1n) is 15.4. The van der Waals surface area contributed by atoms with Crippen LogP contribution in [-0.4, -0.2) is 83.4 Å². The fraction of sp³-hybridized carbons (Fsp3) is 0.500. The van der Waals surface area contributed by atoms with Gasteiger partial charge >= 0.3 is 6.01 Å². The highest BCUT2D eigenvalue weighted by molar-refractivity contribution is 6.04. The molecule has 1 aromatic heterocycles. The van der Waals surface area contributed by atoms with Crippen LogP contribution in [0.2, 0.25) is 0 Å². The maximum Gasteiger partial charge on any atom is 0.319 e. The summed E-state index contributed by atoms with van der Waals surface area (Å²) in [5, 5.41) is 9.54. The number of benzene rings is 1. The molecule has 9 nitrogen and oxygen atoms in total. The lowest BCUT2D eigenvalue weighted by atomic mass is 9.56. The zero-order chi connectivity index (χ0) is 30.3. The zero-order valence-corrected chi connectivity index (χ0v) is 25.2. The van der Waals surface area contributed by atoms with Crippen LogP contribution in [0.5, 0.6) is 6.01 Å². The van der Waals surface area contributed by atoms with Crippen molar-refractivity contribution in [3.63, 3.8) is 0 Å². The largest absolute Gasteiger partial charge is 0.462 e. The number of aromatic nitrogens is 2. The number of rotatable bonds is 6. The van der Waals surface area contributed by atoms with Gasteiger partial charge in [0.2, 0.25) is 5.91 Å². The Bertz CT molecular complexity index is 1510. The maximum absolute atomic E-state index is 14.7. The first kappa shape index (κ1) is 29.1. The number of amides is 1. The van der Waals surface area contributed by atoms with Gasteiger partial charge in [-0.2, -0.15) is 15.2 Å². The molecule has 0 N–H and O–H groups in total. The van der Waals surface area contributed by atoms with Crippen molar-refractivity contribution in [1.29, 1.82) is 5.26 Å². The lowest BCUT2D eigenvalue weighted by Crippen LogP contribution is -2.55. The first-order valence-corrected chi connectivity index (χ1v) is 15.4. The van der Waals surface area contributed by atoms with E-state index >= 15 is 0 Å².